The average molecular weight is 380 g/mol. The summed E-state index contributed by atoms with van der Waals surface area (Å²) in [5, 5.41) is 9.84. The molecule has 144 valence electrons. The number of aromatic nitrogens is 2. The number of halogens is 3. The molecule has 27 heavy (non-hydrogen) atoms. The van der Waals surface area contributed by atoms with Crippen molar-refractivity contribution in [2.75, 3.05) is 12.3 Å². The summed E-state index contributed by atoms with van der Waals surface area (Å²) < 4.78 is 42.1. The lowest BCUT2D eigenvalue weighted by molar-refractivity contribution is -0.136. The fourth-order valence-corrected chi connectivity index (χ4v) is 3.99. The van der Waals surface area contributed by atoms with Gasteiger partial charge in [-0.05, 0) is 42.5 Å². The zero-order valence-corrected chi connectivity index (χ0v) is 14.4. The predicted octanol–water partition coefficient (Wildman–Crippen LogP) is 2.84. The van der Waals surface area contributed by atoms with Crippen molar-refractivity contribution in [3.63, 3.8) is 0 Å². The summed E-state index contributed by atoms with van der Waals surface area (Å²) in [6, 6.07) is 5.47. The van der Waals surface area contributed by atoms with Gasteiger partial charge in [-0.15, -0.1) is 0 Å². The Balaban J connectivity index is 1.50. The maximum Gasteiger partial charge on any atom is 0.389 e. The maximum atomic E-state index is 12.5. The maximum absolute atomic E-state index is 12.5. The largest absolute Gasteiger partial charge is 0.494 e. The van der Waals surface area contributed by atoms with Gasteiger partial charge in [-0.2, -0.15) is 18.3 Å². The number of anilines is 1. The van der Waals surface area contributed by atoms with Crippen molar-refractivity contribution in [3.05, 3.63) is 40.6 Å². The number of nitrogens with one attached hydrogen (secondary N) is 2. The first kappa shape index (κ1) is 17.7. The second kappa shape index (κ2) is 6.17. The first-order chi connectivity index (χ1) is 12.8. The van der Waals surface area contributed by atoms with Crippen LogP contribution in [0.1, 0.15) is 46.4 Å². The number of alkyl halides is 3. The molecule has 1 amide bonds. The number of rotatable bonds is 4. The number of hydrogen-bond acceptors (Lipinski definition) is 4. The molecule has 6 nitrogen and oxygen atoms in total. The number of carbonyl (C=O) groups excluding carboxylic acids is 1. The van der Waals surface area contributed by atoms with Gasteiger partial charge < -0.3 is 15.8 Å². The van der Waals surface area contributed by atoms with Crippen molar-refractivity contribution in [1.29, 1.82) is 0 Å². The van der Waals surface area contributed by atoms with Crippen LogP contribution in [0.4, 0.5) is 19.0 Å². The van der Waals surface area contributed by atoms with Gasteiger partial charge in [-0.25, -0.2) is 0 Å². The molecule has 1 atom stereocenters. The number of H-pyrrole nitrogens is 1. The highest BCUT2D eigenvalue weighted by molar-refractivity contribution is 6.01. The number of nitrogens with zero attached hydrogens (tertiary/aromatic N) is 1. The van der Waals surface area contributed by atoms with Gasteiger partial charge in [0.25, 0.3) is 5.91 Å². The number of aromatic amines is 1. The van der Waals surface area contributed by atoms with Crippen LogP contribution in [-0.2, 0) is 18.4 Å². The third-order valence-electron chi connectivity index (χ3n) is 5.21. The Bertz CT molecular complexity index is 893. The SMILES string of the molecule is Nc1n[nH]c2c1C(=O)N[C@@]1(CCc3cc(OCCCC(F)(F)F)ccc31)C2. The topological polar surface area (TPSA) is 93.0 Å². The zero-order chi connectivity index (χ0) is 19.2. The number of aryl methyl sites for hydroxylation is 1. The van der Waals surface area contributed by atoms with Crippen LogP contribution in [0.2, 0.25) is 0 Å². The van der Waals surface area contributed by atoms with Crippen LogP contribution in [0.25, 0.3) is 0 Å². The molecule has 1 spiro atoms. The summed E-state index contributed by atoms with van der Waals surface area (Å²) in [5.41, 5.74) is 8.37. The second-order valence-corrected chi connectivity index (χ2v) is 7.06. The standard InChI is InChI=1S/C18H19F3N4O2/c19-18(20,21)5-1-7-27-11-2-3-12-10(8-11)4-6-17(12)9-13-14(16(26)23-17)15(22)25-24-13/h2-3,8H,1,4-7,9H2,(H,23,26)(H3,22,24,25)/t17-/m0/s1. The minimum atomic E-state index is -4.16. The minimum Gasteiger partial charge on any atom is -0.494 e. The molecular weight excluding hydrogens is 361 g/mol. The van der Waals surface area contributed by atoms with Crippen LogP contribution in [0.5, 0.6) is 5.75 Å². The Morgan fingerprint density at radius 3 is 2.93 bits per heavy atom. The highest BCUT2D eigenvalue weighted by atomic mass is 19.4. The molecular formula is C18H19F3N4O2. The lowest BCUT2D eigenvalue weighted by Gasteiger charge is -2.35. The van der Waals surface area contributed by atoms with E-state index in [1.807, 2.05) is 12.1 Å². The summed E-state index contributed by atoms with van der Waals surface area (Å²) in [7, 11) is 0. The summed E-state index contributed by atoms with van der Waals surface area (Å²) >= 11 is 0. The Hall–Kier alpha value is -2.71. The fourth-order valence-electron chi connectivity index (χ4n) is 3.99. The third kappa shape index (κ3) is 3.22. The number of carbonyl (C=O) groups is 1. The molecule has 4 rings (SSSR count). The van der Waals surface area contributed by atoms with Crippen LogP contribution in [0.15, 0.2) is 18.2 Å². The zero-order valence-electron chi connectivity index (χ0n) is 14.4. The fraction of sp³-hybridized carbons (Fsp3) is 0.444. The Morgan fingerprint density at radius 2 is 2.15 bits per heavy atom. The van der Waals surface area contributed by atoms with E-state index in [4.69, 9.17) is 10.5 Å². The van der Waals surface area contributed by atoms with E-state index >= 15 is 0 Å². The highest BCUT2D eigenvalue weighted by Gasteiger charge is 2.45. The number of fused-ring (bicyclic) bond motifs is 3. The summed E-state index contributed by atoms with van der Waals surface area (Å²) in [4.78, 5) is 12.5. The van der Waals surface area contributed by atoms with Gasteiger partial charge >= 0.3 is 6.18 Å². The first-order valence-electron chi connectivity index (χ1n) is 8.76. The van der Waals surface area contributed by atoms with Crippen molar-refractivity contribution in [1.82, 2.24) is 15.5 Å². The molecule has 0 unspecified atom stereocenters. The van der Waals surface area contributed by atoms with E-state index in [0.29, 0.717) is 17.7 Å². The Morgan fingerprint density at radius 1 is 1.33 bits per heavy atom. The molecule has 2 heterocycles. The van der Waals surface area contributed by atoms with Gasteiger partial charge in [0.15, 0.2) is 5.82 Å². The molecule has 0 radical (unpaired) electrons. The summed E-state index contributed by atoms with van der Waals surface area (Å²) in [6.45, 7) is 0.0109. The minimum absolute atomic E-state index is 0.0109. The number of nitrogen functional groups attached to an aromatic ring is 1. The third-order valence-corrected chi connectivity index (χ3v) is 5.21. The lowest BCUT2D eigenvalue weighted by Crippen LogP contribution is -2.49. The number of hydrogen-bond donors (Lipinski definition) is 3. The van der Waals surface area contributed by atoms with Crippen molar-refractivity contribution < 1.29 is 22.7 Å². The molecule has 4 N–H and O–H groups in total. The van der Waals surface area contributed by atoms with Crippen LogP contribution >= 0.6 is 0 Å². The second-order valence-electron chi connectivity index (χ2n) is 7.06. The number of amides is 1. The molecule has 2 aromatic rings. The van der Waals surface area contributed by atoms with Gasteiger partial charge in [0.1, 0.15) is 11.3 Å². The predicted molar refractivity (Wildman–Crippen MR) is 91.4 cm³/mol. The molecule has 1 aromatic heterocycles. The molecule has 1 aliphatic carbocycles. The molecule has 0 saturated heterocycles. The van der Waals surface area contributed by atoms with Gasteiger partial charge in [-0.1, -0.05) is 6.07 Å². The van der Waals surface area contributed by atoms with E-state index in [2.05, 4.69) is 15.5 Å². The quantitative estimate of drug-likeness (QED) is 0.711. The molecule has 0 saturated carbocycles. The molecule has 2 aliphatic rings. The van der Waals surface area contributed by atoms with E-state index in [1.54, 1.807) is 6.07 Å². The van der Waals surface area contributed by atoms with E-state index in [9.17, 15) is 18.0 Å². The van der Waals surface area contributed by atoms with Crippen molar-refractivity contribution in [3.8, 4) is 5.75 Å². The van der Waals surface area contributed by atoms with Crippen LogP contribution in [0, 0.1) is 0 Å². The van der Waals surface area contributed by atoms with Crippen molar-refractivity contribution >= 4 is 11.7 Å². The van der Waals surface area contributed by atoms with E-state index in [-0.39, 0.29) is 24.8 Å². The average Bonchev–Trinajstić information content (AvgIpc) is 3.13. The van der Waals surface area contributed by atoms with Crippen molar-refractivity contribution in [2.24, 2.45) is 0 Å². The van der Waals surface area contributed by atoms with Crippen LogP contribution in [-0.4, -0.2) is 28.9 Å². The number of nitrogens with two attached hydrogens (primary N) is 1. The normalized spacial score (nSPS) is 21.1. The van der Waals surface area contributed by atoms with Crippen LogP contribution < -0.4 is 15.8 Å². The van der Waals surface area contributed by atoms with Gasteiger partial charge in [0, 0.05) is 12.8 Å². The molecule has 1 aromatic carbocycles. The first-order valence-corrected chi connectivity index (χ1v) is 8.76. The Kier molecular flexibility index (Phi) is 4.05. The summed E-state index contributed by atoms with van der Waals surface area (Å²) in [5.74, 6) is 0.489. The molecule has 0 fully saturated rings. The van der Waals surface area contributed by atoms with E-state index in [1.165, 1.54) is 0 Å². The van der Waals surface area contributed by atoms with E-state index < -0.39 is 18.1 Å². The molecule has 9 heteroatoms. The Labute approximate surface area is 153 Å². The lowest BCUT2D eigenvalue weighted by atomic mass is 9.83. The van der Waals surface area contributed by atoms with Gasteiger partial charge in [0.05, 0.1) is 17.8 Å². The van der Waals surface area contributed by atoms with Gasteiger partial charge in [-0.3, -0.25) is 9.89 Å². The monoisotopic (exact) mass is 380 g/mol. The molecule has 1 aliphatic heterocycles. The smallest absolute Gasteiger partial charge is 0.389 e. The van der Waals surface area contributed by atoms with E-state index in [0.717, 1.165) is 29.7 Å². The highest BCUT2D eigenvalue weighted by Crippen LogP contribution is 2.43. The van der Waals surface area contributed by atoms with Crippen molar-refractivity contribution in [2.45, 2.75) is 43.8 Å². The van der Waals surface area contributed by atoms with Gasteiger partial charge in [0.2, 0.25) is 0 Å². The van der Waals surface area contributed by atoms with Crippen LogP contribution in [0.3, 0.4) is 0 Å². The summed E-state index contributed by atoms with van der Waals surface area (Å²) in [6.07, 6.45) is -3.07. The number of benzene rings is 1. The number of ether oxygens (including phenoxy) is 1. The molecule has 0 bridgehead atoms.